The van der Waals surface area contributed by atoms with Gasteiger partial charge in [-0.15, -0.1) is 0 Å². The first-order chi connectivity index (χ1) is 6.43. The van der Waals surface area contributed by atoms with Gasteiger partial charge in [-0.3, -0.25) is 0 Å². The number of aryl methyl sites for hydroxylation is 2. The molecule has 1 rings (SSSR count). The van der Waals surface area contributed by atoms with E-state index < -0.39 is 6.10 Å². The van der Waals surface area contributed by atoms with Gasteiger partial charge in [0, 0.05) is 6.04 Å². The molecule has 0 aromatic heterocycles. The van der Waals surface area contributed by atoms with E-state index in [1.54, 1.807) is 26.0 Å². The molecule has 0 saturated heterocycles. The Morgan fingerprint density at radius 2 is 1.79 bits per heavy atom. The molecule has 0 aliphatic heterocycles. The minimum atomic E-state index is -0.672. The van der Waals surface area contributed by atoms with Crippen molar-refractivity contribution in [3.05, 3.63) is 28.8 Å². The van der Waals surface area contributed by atoms with Crippen LogP contribution in [-0.4, -0.2) is 16.3 Å². The summed E-state index contributed by atoms with van der Waals surface area (Å²) in [6.45, 7) is 5.40. The number of rotatable bonds is 2. The summed E-state index contributed by atoms with van der Waals surface area (Å²) in [4.78, 5) is 0. The fourth-order valence-electron chi connectivity index (χ4n) is 1.43. The van der Waals surface area contributed by atoms with Crippen molar-refractivity contribution < 1.29 is 10.2 Å². The second-order valence-electron chi connectivity index (χ2n) is 3.80. The lowest BCUT2D eigenvalue weighted by molar-refractivity contribution is 0.152. The zero-order chi connectivity index (χ0) is 10.9. The Hall–Kier alpha value is -1.06. The lowest BCUT2D eigenvalue weighted by atomic mass is 9.97. The van der Waals surface area contributed by atoms with Gasteiger partial charge >= 0.3 is 0 Å². The van der Waals surface area contributed by atoms with Crippen LogP contribution in [0.5, 0.6) is 5.75 Å². The van der Waals surface area contributed by atoms with Crippen LogP contribution in [0.15, 0.2) is 12.1 Å². The fraction of sp³-hybridized carbons (Fsp3) is 0.455. The highest BCUT2D eigenvalue weighted by atomic mass is 16.3. The summed E-state index contributed by atoms with van der Waals surface area (Å²) in [6.07, 6.45) is -0.672. The summed E-state index contributed by atoms with van der Waals surface area (Å²) in [6, 6.07) is 3.12. The van der Waals surface area contributed by atoms with Gasteiger partial charge in [0.05, 0.1) is 6.10 Å². The number of phenols is 1. The van der Waals surface area contributed by atoms with Crippen molar-refractivity contribution in [1.82, 2.24) is 0 Å². The predicted octanol–water partition coefficient (Wildman–Crippen LogP) is 1.39. The molecule has 0 aliphatic rings. The van der Waals surface area contributed by atoms with Gasteiger partial charge < -0.3 is 15.9 Å². The molecule has 0 amide bonds. The van der Waals surface area contributed by atoms with E-state index in [1.165, 1.54) is 0 Å². The molecule has 0 bridgehead atoms. The third-order valence-corrected chi connectivity index (χ3v) is 2.40. The van der Waals surface area contributed by atoms with Crippen LogP contribution in [-0.2, 0) is 0 Å². The molecule has 3 nitrogen and oxygen atoms in total. The van der Waals surface area contributed by atoms with Crippen molar-refractivity contribution in [3.8, 4) is 5.75 Å². The van der Waals surface area contributed by atoms with Gasteiger partial charge in [0.25, 0.3) is 0 Å². The third-order valence-electron chi connectivity index (χ3n) is 2.40. The largest absolute Gasteiger partial charge is 0.508 e. The van der Waals surface area contributed by atoms with Gasteiger partial charge in [-0.25, -0.2) is 0 Å². The number of hydrogen-bond acceptors (Lipinski definition) is 3. The van der Waals surface area contributed by atoms with Crippen LogP contribution in [0, 0.1) is 13.8 Å². The van der Waals surface area contributed by atoms with Crippen molar-refractivity contribution in [2.45, 2.75) is 32.9 Å². The second-order valence-corrected chi connectivity index (χ2v) is 3.80. The van der Waals surface area contributed by atoms with Crippen molar-refractivity contribution >= 4 is 0 Å². The molecular formula is C11H17NO2. The van der Waals surface area contributed by atoms with E-state index in [0.29, 0.717) is 0 Å². The molecule has 0 fully saturated rings. The van der Waals surface area contributed by atoms with Crippen LogP contribution in [0.4, 0.5) is 0 Å². The maximum atomic E-state index is 9.79. The minimum absolute atomic E-state index is 0.253. The number of aliphatic hydroxyl groups is 1. The predicted molar refractivity (Wildman–Crippen MR) is 56.2 cm³/mol. The van der Waals surface area contributed by atoms with Gasteiger partial charge in [-0.1, -0.05) is 0 Å². The van der Waals surface area contributed by atoms with Crippen molar-refractivity contribution in [2.24, 2.45) is 5.73 Å². The molecule has 0 radical (unpaired) electrons. The summed E-state index contributed by atoms with van der Waals surface area (Å²) >= 11 is 0. The van der Waals surface area contributed by atoms with E-state index in [-0.39, 0.29) is 11.8 Å². The third kappa shape index (κ3) is 2.05. The Bertz CT molecular complexity index is 334. The van der Waals surface area contributed by atoms with Gasteiger partial charge in [0.15, 0.2) is 0 Å². The monoisotopic (exact) mass is 195 g/mol. The van der Waals surface area contributed by atoms with Crippen molar-refractivity contribution in [3.63, 3.8) is 0 Å². The molecule has 14 heavy (non-hydrogen) atoms. The Balaban J connectivity index is 3.15. The molecule has 2 unspecified atom stereocenters. The average molecular weight is 195 g/mol. The smallest absolute Gasteiger partial charge is 0.118 e. The van der Waals surface area contributed by atoms with Crippen molar-refractivity contribution in [1.29, 1.82) is 0 Å². The van der Waals surface area contributed by atoms with Crippen LogP contribution in [0.1, 0.15) is 29.7 Å². The van der Waals surface area contributed by atoms with Gasteiger partial charge in [0.2, 0.25) is 0 Å². The minimum Gasteiger partial charge on any atom is -0.508 e. The second kappa shape index (κ2) is 3.98. The SMILES string of the molecule is Cc1cc(C(O)C(C)N)c(C)cc1O. The van der Waals surface area contributed by atoms with Crippen LogP contribution in [0.3, 0.4) is 0 Å². The van der Waals surface area contributed by atoms with Gasteiger partial charge in [-0.2, -0.15) is 0 Å². The molecule has 2 atom stereocenters. The molecule has 78 valence electrons. The quantitative estimate of drug-likeness (QED) is 0.668. The number of aromatic hydroxyl groups is 1. The van der Waals surface area contributed by atoms with E-state index in [1.807, 2.05) is 6.92 Å². The number of benzene rings is 1. The Morgan fingerprint density at radius 1 is 1.21 bits per heavy atom. The van der Waals surface area contributed by atoms with Gasteiger partial charge in [0.1, 0.15) is 5.75 Å². The lowest BCUT2D eigenvalue weighted by Crippen LogP contribution is -2.25. The van der Waals surface area contributed by atoms with E-state index in [4.69, 9.17) is 5.73 Å². The lowest BCUT2D eigenvalue weighted by Gasteiger charge is -2.18. The molecule has 0 aliphatic carbocycles. The summed E-state index contributed by atoms with van der Waals surface area (Å²) in [5.74, 6) is 0.253. The number of aliphatic hydroxyl groups excluding tert-OH is 1. The molecule has 3 heteroatoms. The van der Waals surface area contributed by atoms with E-state index in [9.17, 15) is 10.2 Å². The Morgan fingerprint density at radius 3 is 2.29 bits per heavy atom. The molecule has 4 N–H and O–H groups in total. The molecule has 1 aromatic rings. The summed E-state index contributed by atoms with van der Waals surface area (Å²) in [7, 11) is 0. The Kier molecular flexibility index (Phi) is 3.13. The number of nitrogens with two attached hydrogens (primary N) is 1. The first kappa shape index (κ1) is 11.0. The van der Waals surface area contributed by atoms with Crippen LogP contribution in [0.2, 0.25) is 0 Å². The first-order valence-corrected chi connectivity index (χ1v) is 4.67. The maximum absolute atomic E-state index is 9.79. The van der Waals surface area contributed by atoms with Crippen LogP contribution in [0.25, 0.3) is 0 Å². The van der Waals surface area contributed by atoms with Crippen molar-refractivity contribution in [2.75, 3.05) is 0 Å². The highest BCUT2D eigenvalue weighted by Gasteiger charge is 2.15. The number of phenolic OH excluding ortho intramolecular Hbond substituents is 1. The molecular weight excluding hydrogens is 178 g/mol. The maximum Gasteiger partial charge on any atom is 0.118 e. The van der Waals surface area contributed by atoms with E-state index in [0.717, 1.165) is 16.7 Å². The average Bonchev–Trinajstić information content (AvgIpc) is 2.10. The Labute approximate surface area is 84.2 Å². The van der Waals surface area contributed by atoms with Crippen LogP contribution < -0.4 is 5.73 Å². The summed E-state index contributed by atoms with van der Waals surface area (Å²) < 4.78 is 0. The zero-order valence-corrected chi connectivity index (χ0v) is 8.78. The van der Waals surface area contributed by atoms with Gasteiger partial charge in [-0.05, 0) is 49.6 Å². The normalized spacial score (nSPS) is 15.2. The number of hydrogen-bond donors (Lipinski definition) is 3. The molecule has 1 aromatic carbocycles. The standard InChI is InChI=1S/C11H17NO2/c1-6-5-10(13)7(2)4-9(6)11(14)8(3)12/h4-5,8,11,13-14H,12H2,1-3H3. The fourth-order valence-corrected chi connectivity index (χ4v) is 1.43. The highest BCUT2D eigenvalue weighted by molar-refractivity contribution is 5.41. The van der Waals surface area contributed by atoms with E-state index >= 15 is 0 Å². The van der Waals surface area contributed by atoms with Crippen LogP contribution >= 0.6 is 0 Å². The molecule has 0 spiro atoms. The summed E-state index contributed by atoms with van der Waals surface area (Å²) in [5.41, 5.74) is 8.01. The first-order valence-electron chi connectivity index (χ1n) is 4.67. The highest BCUT2D eigenvalue weighted by Crippen LogP contribution is 2.26. The molecule has 0 saturated carbocycles. The topological polar surface area (TPSA) is 66.5 Å². The zero-order valence-electron chi connectivity index (χ0n) is 8.78. The summed E-state index contributed by atoms with van der Waals surface area (Å²) in [5, 5.41) is 19.2. The molecule has 0 heterocycles. The van der Waals surface area contributed by atoms with E-state index in [2.05, 4.69) is 0 Å².